The van der Waals surface area contributed by atoms with Crippen LogP contribution in [0.25, 0.3) is 0 Å². The van der Waals surface area contributed by atoms with Gasteiger partial charge in [0.1, 0.15) is 0 Å². The van der Waals surface area contributed by atoms with Gasteiger partial charge in [-0.3, -0.25) is 4.99 Å². The zero-order valence-corrected chi connectivity index (χ0v) is 5.72. The van der Waals surface area contributed by atoms with Crippen molar-refractivity contribution in [2.24, 2.45) is 4.99 Å². The highest BCUT2D eigenvalue weighted by Gasteiger charge is 1.96. The molecule has 0 aromatic rings. The van der Waals surface area contributed by atoms with Gasteiger partial charge in [-0.15, -0.1) is 0 Å². The molecule has 0 fully saturated rings. The van der Waals surface area contributed by atoms with Crippen molar-refractivity contribution in [3.8, 4) is 0 Å². The molecular weight excluding hydrogens is 112 g/mol. The van der Waals surface area contributed by atoms with E-state index >= 15 is 0 Å². The van der Waals surface area contributed by atoms with Gasteiger partial charge in [0.05, 0.1) is 6.54 Å². The lowest BCUT2D eigenvalue weighted by molar-refractivity contribution is 0.912. The smallest absolute Gasteiger partial charge is 0.0529 e. The summed E-state index contributed by atoms with van der Waals surface area (Å²) in [6, 6.07) is 0. The third kappa shape index (κ3) is 1.88. The third-order valence-corrected chi connectivity index (χ3v) is 1.29. The summed E-state index contributed by atoms with van der Waals surface area (Å²) in [7, 11) is 0. The van der Waals surface area contributed by atoms with Crippen LogP contribution in [0.2, 0.25) is 0 Å². The second-order valence-corrected chi connectivity index (χ2v) is 2.14. The molecule has 0 bridgehead atoms. The lowest BCUT2D eigenvalue weighted by atomic mass is 10.2. The number of nitrogens with zero attached hydrogens (tertiary/aromatic N) is 1. The van der Waals surface area contributed by atoms with Crippen LogP contribution in [0.4, 0.5) is 0 Å². The largest absolute Gasteiger partial charge is 0.384 e. The van der Waals surface area contributed by atoms with E-state index in [4.69, 9.17) is 0 Å². The van der Waals surface area contributed by atoms with E-state index in [0.717, 1.165) is 13.0 Å². The topological polar surface area (TPSA) is 24.4 Å². The van der Waals surface area contributed by atoms with Crippen LogP contribution in [0.3, 0.4) is 0 Å². The van der Waals surface area contributed by atoms with E-state index in [-0.39, 0.29) is 0 Å². The average Bonchev–Trinajstić information content (AvgIpc) is 1.91. The molecule has 1 aliphatic rings. The molecule has 1 N–H and O–H groups in total. The molecule has 9 heavy (non-hydrogen) atoms. The molecule has 0 unspecified atom stereocenters. The molecule has 0 radical (unpaired) electrons. The van der Waals surface area contributed by atoms with Crippen molar-refractivity contribution in [3.63, 3.8) is 0 Å². The molecule has 0 saturated heterocycles. The molecule has 50 valence electrons. The molecule has 0 aliphatic carbocycles. The Hall–Kier alpha value is -0.790. The number of rotatable bonds is 2. The Bertz CT molecular complexity index is 136. The first-order valence-corrected chi connectivity index (χ1v) is 3.37. The van der Waals surface area contributed by atoms with Crippen molar-refractivity contribution in [1.29, 1.82) is 0 Å². The van der Waals surface area contributed by atoms with Crippen molar-refractivity contribution in [3.05, 3.63) is 12.4 Å². The summed E-state index contributed by atoms with van der Waals surface area (Å²) in [5.74, 6) is 0. The maximum Gasteiger partial charge on any atom is 0.0529 e. The van der Waals surface area contributed by atoms with E-state index in [1.807, 2.05) is 12.4 Å². The molecule has 0 aromatic carbocycles. The highest BCUT2D eigenvalue weighted by molar-refractivity contribution is 5.87. The van der Waals surface area contributed by atoms with Gasteiger partial charge < -0.3 is 5.32 Å². The van der Waals surface area contributed by atoms with Gasteiger partial charge in [-0.25, -0.2) is 0 Å². The zero-order valence-electron chi connectivity index (χ0n) is 5.72. The summed E-state index contributed by atoms with van der Waals surface area (Å²) in [5, 5.41) is 3.11. The molecule has 0 spiro atoms. The van der Waals surface area contributed by atoms with Crippen molar-refractivity contribution >= 4 is 5.71 Å². The van der Waals surface area contributed by atoms with Crippen LogP contribution in [0.5, 0.6) is 0 Å². The summed E-state index contributed by atoms with van der Waals surface area (Å²) in [6.45, 7) is 3.10. The fourth-order valence-corrected chi connectivity index (χ4v) is 0.859. The minimum Gasteiger partial charge on any atom is -0.384 e. The van der Waals surface area contributed by atoms with Crippen LogP contribution in [-0.2, 0) is 0 Å². The molecular formula is C7H12N2. The standard InChI is InChI=1S/C7H12N2/c1-2-3-7-6-8-4-5-9-7/h4-5,8H,2-3,6H2,1H3. The summed E-state index contributed by atoms with van der Waals surface area (Å²) in [6.07, 6.45) is 6.00. The Balaban J connectivity index is 2.38. The zero-order chi connectivity index (χ0) is 6.53. The van der Waals surface area contributed by atoms with Gasteiger partial charge >= 0.3 is 0 Å². The van der Waals surface area contributed by atoms with Gasteiger partial charge in [-0.2, -0.15) is 0 Å². The fourth-order valence-electron chi connectivity index (χ4n) is 0.859. The van der Waals surface area contributed by atoms with Crippen LogP contribution in [0, 0.1) is 0 Å². The average molecular weight is 124 g/mol. The molecule has 1 rings (SSSR count). The maximum atomic E-state index is 4.19. The van der Waals surface area contributed by atoms with E-state index in [2.05, 4.69) is 17.2 Å². The SMILES string of the molecule is CCCC1=NC=CNC1. The van der Waals surface area contributed by atoms with Gasteiger partial charge in [0.25, 0.3) is 0 Å². The van der Waals surface area contributed by atoms with Gasteiger partial charge in [0.15, 0.2) is 0 Å². The van der Waals surface area contributed by atoms with Gasteiger partial charge in [-0.05, 0) is 6.42 Å². The molecule has 0 atom stereocenters. The minimum atomic E-state index is 0.935. The van der Waals surface area contributed by atoms with Crippen molar-refractivity contribution in [2.45, 2.75) is 19.8 Å². The summed E-state index contributed by atoms with van der Waals surface area (Å²) >= 11 is 0. The monoisotopic (exact) mass is 124 g/mol. The van der Waals surface area contributed by atoms with E-state index in [9.17, 15) is 0 Å². The number of hydrogen-bond acceptors (Lipinski definition) is 2. The molecule has 1 aliphatic heterocycles. The van der Waals surface area contributed by atoms with E-state index in [0.29, 0.717) is 0 Å². The Morgan fingerprint density at radius 2 is 2.67 bits per heavy atom. The van der Waals surface area contributed by atoms with Gasteiger partial charge in [0, 0.05) is 18.1 Å². The quantitative estimate of drug-likeness (QED) is 0.589. The predicted octanol–water partition coefficient (Wildman–Crippen LogP) is 1.30. The lowest BCUT2D eigenvalue weighted by Gasteiger charge is -2.06. The van der Waals surface area contributed by atoms with Crippen LogP contribution >= 0.6 is 0 Å². The van der Waals surface area contributed by atoms with Crippen LogP contribution in [0.15, 0.2) is 17.4 Å². The van der Waals surface area contributed by atoms with Crippen LogP contribution in [-0.4, -0.2) is 12.3 Å². The van der Waals surface area contributed by atoms with E-state index in [1.165, 1.54) is 12.1 Å². The predicted molar refractivity (Wildman–Crippen MR) is 39.5 cm³/mol. The van der Waals surface area contributed by atoms with Crippen LogP contribution in [0.1, 0.15) is 19.8 Å². The summed E-state index contributed by atoms with van der Waals surface area (Å²) in [4.78, 5) is 4.19. The van der Waals surface area contributed by atoms with Gasteiger partial charge in [-0.1, -0.05) is 13.3 Å². The summed E-state index contributed by atoms with van der Waals surface area (Å²) < 4.78 is 0. The molecule has 2 nitrogen and oxygen atoms in total. The summed E-state index contributed by atoms with van der Waals surface area (Å²) in [5.41, 5.74) is 1.26. The van der Waals surface area contributed by atoms with Crippen LogP contribution < -0.4 is 5.32 Å². The maximum absolute atomic E-state index is 4.19. The normalized spacial score (nSPS) is 16.8. The number of aliphatic imine (C=N–C) groups is 1. The van der Waals surface area contributed by atoms with Crippen molar-refractivity contribution in [1.82, 2.24) is 5.32 Å². The minimum absolute atomic E-state index is 0.935. The van der Waals surface area contributed by atoms with Crippen molar-refractivity contribution < 1.29 is 0 Å². The van der Waals surface area contributed by atoms with Crippen molar-refractivity contribution in [2.75, 3.05) is 6.54 Å². The Labute approximate surface area is 55.7 Å². The highest BCUT2D eigenvalue weighted by Crippen LogP contribution is 1.94. The van der Waals surface area contributed by atoms with Gasteiger partial charge in [0.2, 0.25) is 0 Å². The second kappa shape index (κ2) is 3.28. The Kier molecular flexibility index (Phi) is 2.31. The molecule has 1 heterocycles. The number of hydrogen-bond donors (Lipinski definition) is 1. The Morgan fingerprint density at radius 1 is 1.78 bits per heavy atom. The first kappa shape index (κ1) is 6.33. The molecule has 0 saturated carbocycles. The number of nitrogens with one attached hydrogen (secondary N) is 1. The third-order valence-electron chi connectivity index (χ3n) is 1.29. The lowest BCUT2D eigenvalue weighted by Crippen LogP contribution is -2.20. The first-order valence-electron chi connectivity index (χ1n) is 3.37. The fraction of sp³-hybridized carbons (Fsp3) is 0.571. The Morgan fingerprint density at radius 3 is 3.22 bits per heavy atom. The highest BCUT2D eigenvalue weighted by atomic mass is 14.9. The molecule has 0 amide bonds. The van der Waals surface area contributed by atoms with E-state index in [1.54, 1.807) is 0 Å². The second-order valence-electron chi connectivity index (χ2n) is 2.14. The molecule has 0 aromatic heterocycles. The molecule has 2 heteroatoms. The van der Waals surface area contributed by atoms with E-state index < -0.39 is 0 Å². The first-order chi connectivity index (χ1) is 4.43.